The van der Waals surface area contributed by atoms with Crippen molar-refractivity contribution in [3.8, 4) is 0 Å². The Morgan fingerprint density at radius 2 is 1.78 bits per heavy atom. The van der Waals surface area contributed by atoms with E-state index in [1.54, 1.807) is 22.7 Å². The molecule has 27 heavy (non-hydrogen) atoms. The summed E-state index contributed by atoms with van der Waals surface area (Å²) < 4.78 is 75.7. The Hall–Kier alpha value is -2.62. The minimum absolute atomic E-state index is 0.197. The lowest BCUT2D eigenvalue weighted by atomic mass is 10.0. The van der Waals surface area contributed by atoms with Crippen molar-refractivity contribution >= 4 is 27.1 Å². The van der Waals surface area contributed by atoms with Crippen molar-refractivity contribution < 1.29 is 26.0 Å². The van der Waals surface area contributed by atoms with Gasteiger partial charge >= 0.3 is 15.5 Å². The molecule has 0 saturated carbocycles. The Balaban J connectivity index is 1.96. The molecule has 0 aromatic heterocycles. The summed E-state index contributed by atoms with van der Waals surface area (Å²) in [5.74, 6) is -0.398. The van der Waals surface area contributed by atoms with Gasteiger partial charge in [0.15, 0.2) is 0 Å². The minimum atomic E-state index is -5.55. The Kier molecular flexibility index (Phi) is 4.85. The Morgan fingerprint density at radius 3 is 2.41 bits per heavy atom. The van der Waals surface area contributed by atoms with Gasteiger partial charge in [-0.05, 0) is 43.3 Å². The summed E-state index contributed by atoms with van der Waals surface area (Å²) in [7, 11) is -5.55. The van der Waals surface area contributed by atoms with Gasteiger partial charge in [-0.2, -0.15) is 26.7 Å². The number of aryl methyl sites for hydroxylation is 1. The molecule has 0 fully saturated rings. The third-order valence-electron chi connectivity index (χ3n) is 3.96. The first-order valence-corrected chi connectivity index (χ1v) is 9.36. The van der Waals surface area contributed by atoms with Crippen molar-refractivity contribution in [3.05, 3.63) is 59.4 Å². The van der Waals surface area contributed by atoms with E-state index in [0.717, 1.165) is 5.56 Å². The van der Waals surface area contributed by atoms with Crippen LogP contribution in [0.4, 0.5) is 28.9 Å². The molecule has 1 heterocycles. The van der Waals surface area contributed by atoms with Crippen LogP contribution in [0.2, 0.25) is 0 Å². The zero-order valence-electron chi connectivity index (χ0n) is 14.1. The highest BCUT2D eigenvalue weighted by atomic mass is 32.2. The number of halogens is 4. The number of nitrogens with zero attached hydrogens (tertiary/aromatic N) is 2. The van der Waals surface area contributed by atoms with Gasteiger partial charge in [-0.3, -0.25) is 9.73 Å². The number of sulfonamides is 1. The van der Waals surface area contributed by atoms with Gasteiger partial charge in [0.1, 0.15) is 5.82 Å². The van der Waals surface area contributed by atoms with Crippen LogP contribution in [0.1, 0.15) is 17.5 Å². The standard InChI is InChI=1S/C17H15F4N3O2S/c1-11-2-7-16(23-27(25,26)17(19,20)21)14(10-11)15-8-9-24(22-15)13-5-3-12(18)4-6-13/h2-7,10,23H,8-9H2,1H3. The third-order valence-corrected chi connectivity index (χ3v) is 5.06. The largest absolute Gasteiger partial charge is 0.516 e. The van der Waals surface area contributed by atoms with Crippen LogP contribution in [0.3, 0.4) is 0 Å². The number of benzene rings is 2. The molecule has 1 aliphatic heterocycles. The fourth-order valence-corrected chi connectivity index (χ4v) is 3.22. The van der Waals surface area contributed by atoms with E-state index in [1.807, 2.05) is 0 Å². The van der Waals surface area contributed by atoms with E-state index in [0.29, 0.717) is 24.4 Å². The lowest BCUT2D eigenvalue weighted by Gasteiger charge is -2.15. The fraction of sp³-hybridized carbons (Fsp3) is 0.235. The summed E-state index contributed by atoms with van der Waals surface area (Å²) >= 11 is 0. The second-order valence-corrected chi connectivity index (χ2v) is 7.67. The molecule has 0 bridgehead atoms. The van der Waals surface area contributed by atoms with Crippen molar-refractivity contribution in [3.63, 3.8) is 0 Å². The van der Waals surface area contributed by atoms with E-state index in [1.165, 1.54) is 36.4 Å². The van der Waals surface area contributed by atoms with Gasteiger partial charge in [-0.1, -0.05) is 11.6 Å². The van der Waals surface area contributed by atoms with Crippen LogP contribution in [0.15, 0.2) is 47.6 Å². The lowest BCUT2D eigenvalue weighted by Crippen LogP contribution is -2.30. The fourth-order valence-electron chi connectivity index (χ4n) is 2.63. The molecule has 1 aliphatic rings. The van der Waals surface area contributed by atoms with Crippen LogP contribution >= 0.6 is 0 Å². The van der Waals surface area contributed by atoms with Crippen molar-refractivity contribution in [1.29, 1.82) is 0 Å². The van der Waals surface area contributed by atoms with Crippen LogP contribution in [0, 0.1) is 12.7 Å². The van der Waals surface area contributed by atoms with Crippen molar-refractivity contribution in [2.24, 2.45) is 5.10 Å². The number of hydrogen-bond acceptors (Lipinski definition) is 4. The van der Waals surface area contributed by atoms with E-state index < -0.39 is 21.3 Å². The number of anilines is 2. The molecule has 144 valence electrons. The van der Waals surface area contributed by atoms with Crippen LogP contribution in [0.25, 0.3) is 0 Å². The number of rotatable bonds is 4. The zero-order valence-corrected chi connectivity index (χ0v) is 14.9. The third kappa shape index (κ3) is 4.05. The molecule has 3 rings (SSSR count). The molecule has 0 saturated heterocycles. The highest BCUT2D eigenvalue weighted by Gasteiger charge is 2.46. The summed E-state index contributed by atoms with van der Waals surface area (Å²) in [5, 5.41) is 5.95. The summed E-state index contributed by atoms with van der Waals surface area (Å²) in [6, 6.07) is 9.97. The molecule has 0 aliphatic carbocycles. The average Bonchev–Trinajstić information content (AvgIpc) is 3.06. The molecule has 0 spiro atoms. The van der Waals surface area contributed by atoms with Crippen molar-refractivity contribution in [2.75, 3.05) is 16.3 Å². The Bertz CT molecular complexity index is 986. The topological polar surface area (TPSA) is 61.8 Å². The molecule has 5 nitrogen and oxygen atoms in total. The number of alkyl halides is 3. The van der Waals surface area contributed by atoms with Crippen LogP contribution in [-0.4, -0.2) is 26.2 Å². The van der Waals surface area contributed by atoms with Gasteiger partial charge in [-0.25, -0.2) is 4.39 Å². The van der Waals surface area contributed by atoms with Crippen molar-refractivity contribution in [2.45, 2.75) is 18.9 Å². The highest BCUT2D eigenvalue weighted by Crippen LogP contribution is 2.30. The maximum atomic E-state index is 13.1. The Labute approximate surface area is 153 Å². The monoisotopic (exact) mass is 401 g/mol. The number of hydrazone groups is 1. The SMILES string of the molecule is Cc1ccc(NS(=O)(=O)C(F)(F)F)c(C2=NN(c3ccc(F)cc3)CC2)c1. The van der Waals surface area contributed by atoms with Crippen LogP contribution in [0.5, 0.6) is 0 Å². The van der Waals surface area contributed by atoms with Crippen LogP contribution in [-0.2, 0) is 10.0 Å². The number of hydrogen-bond donors (Lipinski definition) is 1. The van der Waals surface area contributed by atoms with E-state index >= 15 is 0 Å². The first-order chi connectivity index (χ1) is 12.6. The molecule has 0 unspecified atom stereocenters. The molecular formula is C17H15F4N3O2S. The first kappa shape index (κ1) is 19.2. The predicted octanol–water partition coefficient (Wildman–Crippen LogP) is 4.01. The molecule has 1 N–H and O–H groups in total. The highest BCUT2D eigenvalue weighted by molar-refractivity contribution is 7.93. The summed E-state index contributed by atoms with van der Waals surface area (Å²) in [5.41, 5.74) is -3.56. The van der Waals surface area contributed by atoms with Crippen LogP contribution < -0.4 is 9.73 Å². The number of nitrogens with one attached hydrogen (secondary N) is 1. The Morgan fingerprint density at radius 1 is 1.11 bits per heavy atom. The van der Waals surface area contributed by atoms with E-state index in [9.17, 15) is 26.0 Å². The van der Waals surface area contributed by atoms with E-state index in [4.69, 9.17) is 0 Å². The summed E-state index contributed by atoms with van der Waals surface area (Å²) in [4.78, 5) is 0. The molecular weight excluding hydrogens is 386 g/mol. The molecule has 10 heteroatoms. The second-order valence-electron chi connectivity index (χ2n) is 6.00. The average molecular weight is 401 g/mol. The maximum Gasteiger partial charge on any atom is 0.516 e. The first-order valence-electron chi connectivity index (χ1n) is 7.87. The van der Waals surface area contributed by atoms with Crippen molar-refractivity contribution in [1.82, 2.24) is 0 Å². The lowest BCUT2D eigenvalue weighted by molar-refractivity contribution is -0.0429. The molecule has 0 amide bonds. The maximum absolute atomic E-state index is 13.1. The van der Waals surface area contributed by atoms with Gasteiger partial charge in [0.2, 0.25) is 0 Å². The normalized spacial score (nSPS) is 15.0. The molecule has 0 radical (unpaired) electrons. The molecule has 0 atom stereocenters. The van der Waals surface area contributed by atoms with Gasteiger partial charge < -0.3 is 0 Å². The summed E-state index contributed by atoms with van der Waals surface area (Å²) in [6.45, 7) is 2.17. The van der Waals surface area contributed by atoms with E-state index in [-0.39, 0.29) is 11.3 Å². The second kappa shape index (κ2) is 6.84. The quantitative estimate of drug-likeness (QED) is 0.788. The smallest absolute Gasteiger partial charge is 0.275 e. The zero-order chi connectivity index (χ0) is 19.8. The van der Waals surface area contributed by atoms with Gasteiger partial charge in [-0.15, -0.1) is 0 Å². The van der Waals surface area contributed by atoms with Gasteiger partial charge in [0, 0.05) is 18.5 Å². The summed E-state index contributed by atoms with van der Waals surface area (Å²) in [6.07, 6.45) is 0.390. The van der Waals surface area contributed by atoms with E-state index in [2.05, 4.69) is 5.10 Å². The molecule has 2 aromatic carbocycles. The predicted molar refractivity (Wildman–Crippen MR) is 94.7 cm³/mol. The molecule has 2 aromatic rings. The minimum Gasteiger partial charge on any atom is -0.275 e. The van der Waals surface area contributed by atoms with Gasteiger partial charge in [0.25, 0.3) is 0 Å². The van der Waals surface area contributed by atoms with Gasteiger partial charge in [0.05, 0.1) is 17.1 Å².